The van der Waals surface area contributed by atoms with Crippen LogP contribution in [0.5, 0.6) is 0 Å². The molecule has 1 fully saturated rings. The van der Waals surface area contributed by atoms with Crippen molar-refractivity contribution < 1.29 is 0 Å². The lowest BCUT2D eigenvalue weighted by molar-refractivity contribution is 0.263. The fourth-order valence-electron chi connectivity index (χ4n) is 3.25. The number of nitrogens with one attached hydrogen (secondary N) is 1. The van der Waals surface area contributed by atoms with E-state index < -0.39 is 0 Å². The Balaban J connectivity index is 1.97. The van der Waals surface area contributed by atoms with Crippen LogP contribution in [0.15, 0.2) is 35.1 Å². The summed E-state index contributed by atoms with van der Waals surface area (Å²) >= 11 is 0. The van der Waals surface area contributed by atoms with E-state index in [1.165, 1.54) is 31.5 Å². The summed E-state index contributed by atoms with van der Waals surface area (Å²) in [6.07, 6.45) is 2.59. The van der Waals surface area contributed by atoms with Crippen molar-refractivity contribution in [3.63, 3.8) is 0 Å². The molecule has 1 saturated heterocycles. The van der Waals surface area contributed by atoms with Gasteiger partial charge in [0, 0.05) is 17.3 Å². The highest BCUT2D eigenvalue weighted by atomic mass is 16.1. The lowest BCUT2D eigenvalue weighted by atomic mass is 9.99. The number of aromatic nitrogens is 1. The third-order valence-corrected chi connectivity index (χ3v) is 4.87. The molecular weight excluding hydrogens is 272 g/mol. The van der Waals surface area contributed by atoms with Gasteiger partial charge in [0.05, 0.1) is 0 Å². The standard InChI is InChI=1S/C19H24N2O/c1-13-11-18(19(22)20-14(13)2)17-8-6-7-16(12-17)15(3)21-9-4-5-10-21/h6-8,11-12,15H,4-5,9-10H2,1-3H3,(H,20,22). The lowest BCUT2D eigenvalue weighted by Crippen LogP contribution is -2.23. The SMILES string of the molecule is Cc1cc(-c2cccc(C(C)N3CCCC3)c2)c(=O)[nH]c1C. The van der Waals surface area contributed by atoms with Gasteiger partial charge in [-0.15, -0.1) is 0 Å². The van der Waals surface area contributed by atoms with Gasteiger partial charge in [-0.2, -0.15) is 0 Å². The summed E-state index contributed by atoms with van der Waals surface area (Å²) in [5, 5.41) is 0. The molecule has 1 atom stereocenters. The number of nitrogens with zero attached hydrogens (tertiary/aromatic N) is 1. The number of hydrogen-bond acceptors (Lipinski definition) is 2. The summed E-state index contributed by atoms with van der Waals surface area (Å²) in [5.74, 6) is 0. The van der Waals surface area contributed by atoms with Crippen molar-refractivity contribution in [2.24, 2.45) is 0 Å². The Bertz CT molecular complexity index is 726. The molecule has 0 radical (unpaired) electrons. The number of likely N-dealkylation sites (tertiary alicyclic amines) is 1. The minimum atomic E-state index is -0.00549. The zero-order valence-corrected chi connectivity index (χ0v) is 13.6. The average Bonchev–Trinajstić information content (AvgIpc) is 3.04. The normalized spacial score (nSPS) is 16.9. The van der Waals surface area contributed by atoms with Gasteiger partial charge in [-0.25, -0.2) is 0 Å². The Hall–Kier alpha value is -1.87. The van der Waals surface area contributed by atoms with E-state index in [-0.39, 0.29) is 5.56 Å². The number of hydrogen-bond donors (Lipinski definition) is 1. The Morgan fingerprint density at radius 3 is 2.59 bits per heavy atom. The molecule has 2 heterocycles. The van der Waals surface area contributed by atoms with Crippen LogP contribution in [0.2, 0.25) is 0 Å². The smallest absolute Gasteiger partial charge is 0.256 e. The number of pyridine rings is 1. The quantitative estimate of drug-likeness (QED) is 0.935. The van der Waals surface area contributed by atoms with Gasteiger partial charge in [-0.05, 0) is 75.5 Å². The Morgan fingerprint density at radius 1 is 1.14 bits per heavy atom. The molecule has 3 rings (SSSR count). The summed E-state index contributed by atoms with van der Waals surface area (Å²) in [4.78, 5) is 17.7. The molecule has 22 heavy (non-hydrogen) atoms. The number of aromatic amines is 1. The van der Waals surface area contributed by atoms with Crippen molar-refractivity contribution in [1.82, 2.24) is 9.88 Å². The highest BCUT2D eigenvalue weighted by Gasteiger charge is 2.19. The fraction of sp³-hybridized carbons (Fsp3) is 0.421. The summed E-state index contributed by atoms with van der Waals surface area (Å²) < 4.78 is 0. The molecule has 1 aromatic heterocycles. The molecule has 116 valence electrons. The number of rotatable bonds is 3. The van der Waals surface area contributed by atoms with Crippen LogP contribution >= 0.6 is 0 Å². The Kier molecular flexibility index (Phi) is 4.16. The first-order chi connectivity index (χ1) is 10.6. The van der Waals surface area contributed by atoms with E-state index in [1.54, 1.807) is 0 Å². The molecule has 0 saturated carbocycles. The van der Waals surface area contributed by atoms with Crippen LogP contribution < -0.4 is 5.56 Å². The van der Waals surface area contributed by atoms with Crippen molar-refractivity contribution >= 4 is 0 Å². The van der Waals surface area contributed by atoms with Gasteiger partial charge in [-0.1, -0.05) is 18.2 Å². The van der Waals surface area contributed by atoms with Crippen molar-refractivity contribution in [2.75, 3.05) is 13.1 Å². The maximum atomic E-state index is 12.3. The largest absolute Gasteiger partial charge is 0.326 e. The van der Waals surface area contributed by atoms with Gasteiger partial charge < -0.3 is 4.98 Å². The van der Waals surface area contributed by atoms with Crippen molar-refractivity contribution in [3.8, 4) is 11.1 Å². The van der Waals surface area contributed by atoms with E-state index in [9.17, 15) is 4.79 Å². The predicted molar refractivity (Wildman–Crippen MR) is 91.2 cm³/mol. The second kappa shape index (κ2) is 6.09. The molecule has 1 N–H and O–H groups in total. The summed E-state index contributed by atoms with van der Waals surface area (Å²) in [6, 6.07) is 10.8. The zero-order valence-electron chi connectivity index (χ0n) is 13.6. The molecular formula is C19H24N2O. The van der Waals surface area contributed by atoms with Gasteiger partial charge in [0.25, 0.3) is 5.56 Å². The topological polar surface area (TPSA) is 36.1 Å². The lowest BCUT2D eigenvalue weighted by Gasteiger charge is -2.24. The average molecular weight is 296 g/mol. The minimum Gasteiger partial charge on any atom is -0.326 e. The van der Waals surface area contributed by atoms with E-state index in [0.717, 1.165) is 22.4 Å². The third kappa shape index (κ3) is 2.86. The predicted octanol–water partition coefficient (Wildman–Crippen LogP) is 3.82. The molecule has 2 aromatic rings. The molecule has 1 aromatic carbocycles. The molecule has 0 bridgehead atoms. The molecule has 1 aliphatic rings. The van der Waals surface area contributed by atoms with E-state index in [2.05, 4.69) is 35.0 Å². The van der Waals surface area contributed by atoms with E-state index in [4.69, 9.17) is 0 Å². The fourth-order valence-corrected chi connectivity index (χ4v) is 3.25. The molecule has 0 amide bonds. The van der Waals surface area contributed by atoms with Crippen molar-refractivity contribution in [2.45, 2.75) is 39.7 Å². The molecule has 1 aliphatic heterocycles. The maximum Gasteiger partial charge on any atom is 0.256 e. The maximum absolute atomic E-state index is 12.3. The van der Waals surface area contributed by atoms with Crippen LogP contribution in [-0.2, 0) is 0 Å². The molecule has 0 aliphatic carbocycles. The Morgan fingerprint density at radius 2 is 1.86 bits per heavy atom. The monoisotopic (exact) mass is 296 g/mol. The second-order valence-corrected chi connectivity index (χ2v) is 6.36. The molecule has 3 nitrogen and oxygen atoms in total. The molecule has 3 heteroatoms. The van der Waals surface area contributed by atoms with E-state index in [1.807, 2.05) is 26.0 Å². The first-order valence-electron chi connectivity index (χ1n) is 8.11. The van der Waals surface area contributed by atoms with Crippen LogP contribution in [0.4, 0.5) is 0 Å². The van der Waals surface area contributed by atoms with Crippen LogP contribution in [0, 0.1) is 13.8 Å². The summed E-state index contributed by atoms with van der Waals surface area (Å²) in [6.45, 7) is 8.58. The van der Waals surface area contributed by atoms with Crippen molar-refractivity contribution in [1.29, 1.82) is 0 Å². The minimum absolute atomic E-state index is 0.00549. The van der Waals surface area contributed by atoms with Gasteiger partial charge in [0.1, 0.15) is 0 Å². The summed E-state index contributed by atoms with van der Waals surface area (Å²) in [5.41, 5.74) is 5.11. The number of H-pyrrole nitrogens is 1. The van der Waals surface area contributed by atoms with Crippen LogP contribution in [0.3, 0.4) is 0 Å². The van der Waals surface area contributed by atoms with Gasteiger partial charge >= 0.3 is 0 Å². The number of benzene rings is 1. The van der Waals surface area contributed by atoms with E-state index in [0.29, 0.717) is 6.04 Å². The van der Waals surface area contributed by atoms with Gasteiger partial charge in [0.2, 0.25) is 0 Å². The van der Waals surface area contributed by atoms with Crippen LogP contribution in [-0.4, -0.2) is 23.0 Å². The van der Waals surface area contributed by atoms with Crippen molar-refractivity contribution in [3.05, 3.63) is 57.5 Å². The van der Waals surface area contributed by atoms with Gasteiger partial charge in [-0.3, -0.25) is 9.69 Å². The first kappa shape index (κ1) is 15.0. The van der Waals surface area contributed by atoms with Crippen LogP contribution in [0.25, 0.3) is 11.1 Å². The first-order valence-corrected chi connectivity index (χ1v) is 8.11. The molecule has 0 spiro atoms. The van der Waals surface area contributed by atoms with E-state index >= 15 is 0 Å². The third-order valence-electron chi connectivity index (χ3n) is 4.87. The van der Waals surface area contributed by atoms with Crippen LogP contribution in [0.1, 0.15) is 42.6 Å². The zero-order chi connectivity index (χ0) is 15.7. The second-order valence-electron chi connectivity index (χ2n) is 6.36. The summed E-state index contributed by atoms with van der Waals surface area (Å²) in [7, 11) is 0. The van der Waals surface area contributed by atoms with Gasteiger partial charge in [0.15, 0.2) is 0 Å². The highest BCUT2D eigenvalue weighted by molar-refractivity contribution is 5.64. The molecule has 1 unspecified atom stereocenters. The highest BCUT2D eigenvalue weighted by Crippen LogP contribution is 2.27. The Labute approximate surface area is 132 Å². The number of aryl methyl sites for hydroxylation is 2.